The molecule has 0 aliphatic heterocycles. The molecule has 0 saturated carbocycles. The van der Waals surface area contributed by atoms with E-state index < -0.39 is 40.6 Å². The fourth-order valence-electron chi connectivity index (χ4n) is 3.79. The van der Waals surface area contributed by atoms with Crippen LogP contribution in [0.25, 0.3) is 0 Å². The van der Waals surface area contributed by atoms with Crippen LogP contribution in [-0.2, 0) is 38.4 Å². The van der Waals surface area contributed by atoms with E-state index in [0.29, 0.717) is 11.1 Å². The van der Waals surface area contributed by atoms with Gasteiger partial charge in [-0.05, 0) is 35.7 Å². The summed E-state index contributed by atoms with van der Waals surface area (Å²) in [6.07, 6.45) is 0.102. The van der Waals surface area contributed by atoms with Crippen molar-refractivity contribution in [1.82, 2.24) is 10.6 Å². The van der Waals surface area contributed by atoms with Gasteiger partial charge in [0.25, 0.3) is 5.69 Å². The van der Waals surface area contributed by atoms with Gasteiger partial charge in [0.05, 0.1) is 18.0 Å². The van der Waals surface area contributed by atoms with Crippen molar-refractivity contribution in [3.8, 4) is 0 Å². The number of rotatable bonds is 12. The summed E-state index contributed by atoms with van der Waals surface area (Å²) in [5.41, 5.74) is 1.82. The lowest BCUT2D eigenvalue weighted by molar-refractivity contribution is -0.384. The lowest BCUT2D eigenvalue weighted by Gasteiger charge is -2.23. The van der Waals surface area contributed by atoms with E-state index in [1.54, 1.807) is 31.2 Å². The number of carbonyl (C=O) groups excluding carboxylic acids is 3. The molecular formula is C28H28FN3O6. The number of carbonyl (C=O) groups is 3. The molecule has 0 unspecified atom stereocenters. The van der Waals surface area contributed by atoms with E-state index in [1.165, 1.54) is 48.5 Å². The van der Waals surface area contributed by atoms with Gasteiger partial charge in [-0.25, -0.2) is 9.18 Å². The molecular weight excluding hydrogens is 493 g/mol. The van der Waals surface area contributed by atoms with Gasteiger partial charge in [-0.15, -0.1) is 0 Å². The van der Waals surface area contributed by atoms with Crippen molar-refractivity contribution in [2.45, 2.75) is 38.3 Å². The van der Waals surface area contributed by atoms with Gasteiger partial charge in [0.2, 0.25) is 11.8 Å². The minimum atomic E-state index is -1.09. The van der Waals surface area contributed by atoms with Gasteiger partial charge in [0, 0.05) is 25.0 Å². The van der Waals surface area contributed by atoms with Crippen LogP contribution in [-0.4, -0.2) is 41.4 Å². The zero-order chi connectivity index (χ0) is 27.5. The molecule has 38 heavy (non-hydrogen) atoms. The maximum Gasteiger partial charge on any atom is 0.328 e. The summed E-state index contributed by atoms with van der Waals surface area (Å²) < 4.78 is 18.5. The van der Waals surface area contributed by atoms with E-state index in [9.17, 15) is 28.9 Å². The van der Waals surface area contributed by atoms with Gasteiger partial charge >= 0.3 is 5.97 Å². The number of nitrogens with one attached hydrogen (secondary N) is 2. The highest BCUT2D eigenvalue weighted by atomic mass is 19.1. The topological polar surface area (TPSA) is 128 Å². The van der Waals surface area contributed by atoms with Gasteiger partial charge in [-0.3, -0.25) is 19.7 Å². The number of benzene rings is 3. The number of nitro groups is 1. The maximum atomic E-state index is 13.4. The minimum absolute atomic E-state index is 0.0243. The number of esters is 1. The quantitative estimate of drug-likeness (QED) is 0.214. The first-order valence-corrected chi connectivity index (χ1v) is 12.0. The molecule has 0 spiro atoms. The van der Waals surface area contributed by atoms with Crippen LogP contribution in [0.1, 0.15) is 23.6 Å². The van der Waals surface area contributed by atoms with Crippen molar-refractivity contribution < 1.29 is 28.4 Å². The van der Waals surface area contributed by atoms with E-state index in [0.717, 1.165) is 5.56 Å². The number of halogens is 1. The highest BCUT2D eigenvalue weighted by molar-refractivity contribution is 5.91. The van der Waals surface area contributed by atoms with Crippen molar-refractivity contribution in [3.63, 3.8) is 0 Å². The molecule has 0 aliphatic carbocycles. The van der Waals surface area contributed by atoms with Crippen LogP contribution >= 0.6 is 0 Å². The van der Waals surface area contributed by atoms with Crippen molar-refractivity contribution in [2.24, 2.45) is 0 Å². The number of nitrogens with zero attached hydrogens (tertiary/aromatic N) is 1. The van der Waals surface area contributed by atoms with Crippen LogP contribution in [0.2, 0.25) is 0 Å². The number of ether oxygens (including phenoxy) is 1. The summed E-state index contributed by atoms with van der Waals surface area (Å²) in [4.78, 5) is 49.3. The average molecular weight is 522 g/mol. The van der Waals surface area contributed by atoms with Crippen LogP contribution in [0.15, 0.2) is 78.9 Å². The molecule has 2 amide bonds. The Kier molecular flexibility index (Phi) is 10.0. The van der Waals surface area contributed by atoms with E-state index in [2.05, 4.69) is 10.6 Å². The molecule has 0 fully saturated rings. The predicted octanol–water partition coefficient (Wildman–Crippen LogP) is 3.29. The van der Waals surface area contributed by atoms with Crippen molar-refractivity contribution in [2.75, 3.05) is 6.61 Å². The molecule has 2 N–H and O–H groups in total. The first-order valence-electron chi connectivity index (χ1n) is 12.0. The lowest BCUT2D eigenvalue weighted by Crippen LogP contribution is -2.53. The van der Waals surface area contributed by atoms with Crippen molar-refractivity contribution >= 4 is 23.5 Å². The smallest absolute Gasteiger partial charge is 0.328 e. The standard InChI is InChI=1S/C28H28FN3O6/c1-2-38-28(35)25(17-20-8-12-22(29)13-9-20)31-27(34)24(16-21-10-14-23(15-11-21)32(36)37)30-26(33)18-19-6-4-3-5-7-19/h3-15,24-25H,2,16-18H2,1H3,(H,30,33)(H,31,34)/t24-,25-/m0/s1. The van der Waals surface area contributed by atoms with E-state index in [4.69, 9.17) is 4.74 Å². The van der Waals surface area contributed by atoms with Crippen LogP contribution in [0.4, 0.5) is 10.1 Å². The molecule has 3 aromatic carbocycles. The van der Waals surface area contributed by atoms with Crippen LogP contribution in [0, 0.1) is 15.9 Å². The molecule has 0 bridgehead atoms. The van der Waals surface area contributed by atoms with E-state index >= 15 is 0 Å². The molecule has 9 nitrogen and oxygen atoms in total. The molecule has 3 rings (SSSR count). The van der Waals surface area contributed by atoms with E-state index in [-0.39, 0.29) is 31.6 Å². The summed E-state index contributed by atoms with van der Waals surface area (Å²) in [5.74, 6) is -2.15. The molecule has 0 aliphatic rings. The summed E-state index contributed by atoms with van der Waals surface area (Å²) in [7, 11) is 0. The van der Waals surface area contributed by atoms with Crippen LogP contribution in [0.5, 0.6) is 0 Å². The second-order valence-corrected chi connectivity index (χ2v) is 8.55. The molecule has 10 heteroatoms. The Bertz CT molecular complexity index is 1250. The number of hydrogen-bond acceptors (Lipinski definition) is 6. The van der Waals surface area contributed by atoms with Gasteiger partial charge < -0.3 is 15.4 Å². The second kappa shape index (κ2) is 13.6. The fraction of sp³-hybridized carbons (Fsp3) is 0.250. The summed E-state index contributed by atoms with van der Waals surface area (Å²) in [6, 6.07) is 17.9. The lowest BCUT2D eigenvalue weighted by atomic mass is 10.0. The molecule has 3 aromatic rings. The molecule has 0 heterocycles. The number of hydrogen-bond donors (Lipinski definition) is 2. The third-order valence-corrected chi connectivity index (χ3v) is 5.69. The van der Waals surface area contributed by atoms with Gasteiger partial charge in [0.15, 0.2) is 0 Å². The molecule has 0 radical (unpaired) electrons. The van der Waals surface area contributed by atoms with Crippen molar-refractivity contribution in [3.05, 3.63) is 111 Å². The fourth-order valence-corrected chi connectivity index (χ4v) is 3.79. The largest absolute Gasteiger partial charge is 0.464 e. The highest BCUT2D eigenvalue weighted by Gasteiger charge is 2.28. The van der Waals surface area contributed by atoms with Gasteiger partial charge in [0.1, 0.15) is 17.9 Å². The predicted molar refractivity (Wildman–Crippen MR) is 138 cm³/mol. The Balaban J connectivity index is 1.80. The Hall–Kier alpha value is -4.60. The third kappa shape index (κ3) is 8.51. The monoisotopic (exact) mass is 521 g/mol. The second-order valence-electron chi connectivity index (χ2n) is 8.55. The summed E-state index contributed by atoms with van der Waals surface area (Å²) >= 11 is 0. The third-order valence-electron chi connectivity index (χ3n) is 5.69. The zero-order valence-corrected chi connectivity index (χ0v) is 20.8. The highest BCUT2D eigenvalue weighted by Crippen LogP contribution is 2.14. The summed E-state index contributed by atoms with van der Waals surface area (Å²) in [5, 5.41) is 16.4. The first-order chi connectivity index (χ1) is 18.2. The Morgan fingerprint density at radius 1 is 0.842 bits per heavy atom. The van der Waals surface area contributed by atoms with Gasteiger partial charge in [-0.2, -0.15) is 0 Å². The summed E-state index contributed by atoms with van der Waals surface area (Å²) in [6.45, 7) is 1.73. The maximum absolute atomic E-state index is 13.4. The normalized spacial score (nSPS) is 12.2. The minimum Gasteiger partial charge on any atom is -0.464 e. The van der Waals surface area contributed by atoms with Crippen LogP contribution in [0.3, 0.4) is 0 Å². The SMILES string of the molecule is CCOC(=O)[C@H](Cc1ccc(F)cc1)NC(=O)[C@H](Cc1ccc([N+](=O)[O-])cc1)NC(=O)Cc1ccccc1. The Morgan fingerprint density at radius 2 is 1.42 bits per heavy atom. The van der Waals surface area contributed by atoms with Crippen molar-refractivity contribution in [1.29, 1.82) is 0 Å². The zero-order valence-electron chi connectivity index (χ0n) is 20.8. The number of non-ortho nitro benzene ring substituents is 1. The Morgan fingerprint density at radius 3 is 2.00 bits per heavy atom. The molecule has 2 atom stereocenters. The first kappa shape index (κ1) is 28.0. The van der Waals surface area contributed by atoms with E-state index in [1.807, 2.05) is 6.07 Å². The van der Waals surface area contributed by atoms with Crippen LogP contribution < -0.4 is 10.6 Å². The van der Waals surface area contributed by atoms with Gasteiger partial charge in [-0.1, -0.05) is 54.6 Å². The Labute approximate surface area is 219 Å². The number of nitro benzene ring substituents is 1. The number of amides is 2. The molecule has 198 valence electrons. The molecule has 0 saturated heterocycles. The molecule has 0 aromatic heterocycles. The average Bonchev–Trinajstić information content (AvgIpc) is 2.90.